The Kier molecular flexibility index (Phi) is 4.10. The van der Waals surface area contributed by atoms with Gasteiger partial charge in [0, 0.05) is 17.9 Å². The molecular weight excluding hydrogens is 264 g/mol. The van der Waals surface area contributed by atoms with Gasteiger partial charge < -0.3 is 9.84 Å². The monoisotopic (exact) mass is 292 g/mol. The summed E-state index contributed by atoms with van der Waals surface area (Å²) in [6.07, 6.45) is 7.22. The molecule has 0 bridgehead atoms. The van der Waals surface area contributed by atoms with E-state index in [9.17, 15) is 5.11 Å². The molecule has 0 radical (unpaired) electrons. The van der Waals surface area contributed by atoms with E-state index in [4.69, 9.17) is 9.84 Å². The highest BCUT2D eigenvalue weighted by molar-refractivity contribution is 5.29. The van der Waals surface area contributed by atoms with Gasteiger partial charge in [-0.3, -0.25) is 4.68 Å². The molecule has 2 aliphatic rings. The van der Waals surface area contributed by atoms with Gasteiger partial charge in [-0.25, -0.2) is 0 Å². The van der Waals surface area contributed by atoms with Crippen molar-refractivity contribution in [1.29, 1.82) is 0 Å². The maximum Gasteiger partial charge on any atom is 0.0798 e. The van der Waals surface area contributed by atoms with Gasteiger partial charge in [0.15, 0.2) is 0 Å². The summed E-state index contributed by atoms with van der Waals surface area (Å²) < 4.78 is 8.27. The number of rotatable bonds is 4. The summed E-state index contributed by atoms with van der Waals surface area (Å²) in [4.78, 5) is 0. The Bertz CT molecular complexity index is 503. The topological polar surface area (TPSA) is 47.3 Å². The molecule has 2 atom stereocenters. The second-order valence-electron chi connectivity index (χ2n) is 6.67. The van der Waals surface area contributed by atoms with Crippen molar-refractivity contribution in [1.82, 2.24) is 9.78 Å². The van der Waals surface area contributed by atoms with E-state index in [1.807, 2.05) is 6.92 Å². The molecule has 21 heavy (non-hydrogen) atoms. The van der Waals surface area contributed by atoms with E-state index >= 15 is 0 Å². The molecule has 1 saturated carbocycles. The maximum atomic E-state index is 10.1. The van der Waals surface area contributed by atoms with Crippen LogP contribution in [-0.2, 0) is 17.6 Å². The second-order valence-corrected chi connectivity index (χ2v) is 6.67. The van der Waals surface area contributed by atoms with Gasteiger partial charge in [-0.15, -0.1) is 0 Å². The fraction of sp³-hybridized carbons (Fsp3) is 0.824. The zero-order valence-corrected chi connectivity index (χ0v) is 13.6. The van der Waals surface area contributed by atoms with Crippen LogP contribution < -0.4 is 0 Å². The number of nitrogens with zero attached hydrogens (tertiary/aromatic N) is 2. The lowest BCUT2D eigenvalue weighted by atomic mass is 9.74. The van der Waals surface area contributed by atoms with Crippen molar-refractivity contribution >= 4 is 0 Å². The van der Waals surface area contributed by atoms with E-state index in [2.05, 4.69) is 18.5 Å². The summed E-state index contributed by atoms with van der Waals surface area (Å²) in [5, 5.41) is 15.0. The molecule has 1 aromatic heterocycles. The average molecular weight is 292 g/mol. The third kappa shape index (κ3) is 2.53. The highest BCUT2D eigenvalue weighted by Crippen LogP contribution is 2.46. The molecular formula is C17H28N2O2. The smallest absolute Gasteiger partial charge is 0.0798 e. The van der Waals surface area contributed by atoms with Crippen LogP contribution in [0.3, 0.4) is 0 Å². The molecule has 1 spiro atoms. The molecule has 0 amide bonds. The Hall–Kier alpha value is -0.870. The van der Waals surface area contributed by atoms with Crippen molar-refractivity contribution in [3.8, 4) is 0 Å². The molecule has 4 nitrogen and oxygen atoms in total. The van der Waals surface area contributed by atoms with Crippen LogP contribution in [0.5, 0.6) is 0 Å². The van der Waals surface area contributed by atoms with Crippen molar-refractivity contribution in [3.05, 3.63) is 17.0 Å². The fourth-order valence-electron chi connectivity index (χ4n) is 4.06. The van der Waals surface area contributed by atoms with Gasteiger partial charge in [0.1, 0.15) is 0 Å². The molecule has 2 fully saturated rings. The minimum atomic E-state index is -0.429. The predicted molar refractivity (Wildman–Crippen MR) is 82.4 cm³/mol. The van der Waals surface area contributed by atoms with Crippen LogP contribution >= 0.6 is 0 Å². The first-order valence-corrected chi connectivity index (χ1v) is 8.52. The van der Waals surface area contributed by atoms with E-state index in [0.717, 1.165) is 43.5 Å². The first-order chi connectivity index (χ1) is 10.1. The number of aliphatic hydroxyl groups is 1. The lowest BCUT2D eigenvalue weighted by Gasteiger charge is -2.47. The Morgan fingerprint density at radius 3 is 2.67 bits per heavy atom. The normalized spacial score (nSPS) is 25.8. The number of aryl methyl sites for hydroxylation is 1. The minimum Gasteiger partial charge on any atom is -0.389 e. The van der Waals surface area contributed by atoms with Gasteiger partial charge in [0.25, 0.3) is 0 Å². The van der Waals surface area contributed by atoms with Gasteiger partial charge in [-0.05, 0) is 51.9 Å². The molecule has 1 saturated heterocycles. The molecule has 2 unspecified atom stereocenters. The lowest BCUT2D eigenvalue weighted by molar-refractivity contribution is -0.141. The molecule has 1 aliphatic carbocycles. The van der Waals surface area contributed by atoms with Crippen molar-refractivity contribution in [2.45, 2.75) is 83.5 Å². The summed E-state index contributed by atoms with van der Waals surface area (Å²) in [7, 11) is 0. The molecule has 4 heteroatoms. The first kappa shape index (κ1) is 15.0. The fourth-order valence-corrected chi connectivity index (χ4v) is 4.06. The predicted octanol–water partition coefficient (Wildman–Crippen LogP) is 3.34. The average Bonchev–Trinajstić information content (AvgIpc) is 2.84. The summed E-state index contributed by atoms with van der Waals surface area (Å²) in [5.74, 6) is 0. The van der Waals surface area contributed by atoms with E-state index in [0.29, 0.717) is 6.04 Å². The largest absolute Gasteiger partial charge is 0.389 e. The van der Waals surface area contributed by atoms with Gasteiger partial charge in [-0.1, -0.05) is 13.8 Å². The summed E-state index contributed by atoms with van der Waals surface area (Å²) >= 11 is 0. The van der Waals surface area contributed by atoms with Gasteiger partial charge >= 0.3 is 0 Å². The number of hydrogen-bond donors (Lipinski definition) is 1. The van der Waals surface area contributed by atoms with Crippen LogP contribution in [0, 0.1) is 0 Å². The van der Waals surface area contributed by atoms with Crippen molar-refractivity contribution < 1.29 is 9.84 Å². The Morgan fingerprint density at radius 1 is 1.38 bits per heavy atom. The number of aliphatic hydroxyl groups excluding tert-OH is 1. The first-order valence-electron chi connectivity index (χ1n) is 8.52. The molecule has 118 valence electrons. The van der Waals surface area contributed by atoms with E-state index in [-0.39, 0.29) is 5.60 Å². The van der Waals surface area contributed by atoms with Crippen LogP contribution in [0.4, 0.5) is 0 Å². The van der Waals surface area contributed by atoms with Gasteiger partial charge in [-0.2, -0.15) is 5.10 Å². The third-order valence-electron chi connectivity index (χ3n) is 5.29. The number of ether oxygens (including phenoxy) is 1. The van der Waals surface area contributed by atoms with Crippen LogP contribution in [0.15, 0.2) is 0 Å². The quantitative estimate of drug-likeness (QED) is 0.926. The third-order valence-corrected chi connectivity index (χ3v) is 5.29. The minimum absolute atomic E-state index is 0.136. The number of aromatic nitrogens is 2. The van der Waals surface area contributed by atoms with E-state index < -0.39 is 6.10 Å². The number of hydrogen-bond acceptors (Lipinski definition) is 3. The zero-order valence-electron chi connectivity index (χ0n) is 13.6. The van der Waals surface area contributed by atoms with Crippen LogP contribution in [-0.4, -0.2) is 27.1 Å². The zero-order chi connectivity index (χ0) is 15.0. The molecule has 0 aromatic carbocycles. The lowest BCUT2D eigenvalue weighted by Crippen LogP contribution is -2.46. The summed E-state index contributed by atoms with van der Waals surface area (Å²) in [6.45, 7) is 6.99. The Labute approximate surface area is 127 Å². The highest BCUT2D eigenvalue weighted by atomic mass is 16.5. The summed E-state index contributed by atoms with van der Waals surface area (Å²) in [6, 6.07) is 0.437. The Morgan fingerprint density at radius 2 is 2.14 bits per heavy atom. The van der Waals surface area contributed by atoms with Crippen LogP contribution in [0.2, 0.25) is 0 Å². The SMILES string of the molecule is CCc1nn(C2CCOC3(CCC3)C2)c(CC)c1C(C)O. The van der Waals surface area contributed by atoms with E-state index in [1.54, 1.807) is 0 Å². The van der Waals surface area contributed by atoms with Crippen molar-refractivity contribution in [2.75, 3.05) is 6.61 Å². The van der Waals surface area contributed by atoms with Crippen molar-refractivity contribution in [3.63, 3.8) is 0 Å². The summed E-state index contributed by atoms with van der Waals surface area (Å²) in [5.41, 5.74) is 3.49. The highest BCUT2D eigenvalue weighted by Gasteiger charge is 2.43. The van der Waals surface area contributed by atoms with Gasteiger partial charge in [0.2, 0.25) is 0 Å². The maximum absolute atomic E-state index is 10.1. The van der Waals surface area contributed by atoms with Crippen molar-refractivity contribution in [2.24, 2.45) is 0 Å². The van der Waals surface area contributed by atoms with Gasteiger partial charge in [0.05, 0.1) is 23.4 Å². The molecule has 2 heterocycles. The molecule has 1 aliphatic heterocycles. The molecule has 1 aromatic rings. The standard InChI is InChI=1S/C17H28N2O2/c1-4-14-16(12(3)20)15(5-2)19(18-14)13-7-10-21-17(11-13)8-6-9-17/h12-13,20H,4-11H2,1-3H3. The van der Waals surface area contributed by atoms with E-state index in [1.165, 1.54) is 25.0 Å². The molecule has 3 rings (SSSR count). The van der Waals surface area contributed by atoms with Crippen LogP contribution in [0.25, 0.3) is 0 Å². The Balaban J connectivity index is 1.93. The second kappa shape index (κ2) is 5.73. The van der Waals surface area contributed by atoms with Crippen LogP contribution in [0.1, 0.15) is 82.0 Å². The molecule has 1 N–H and O–H groups in total.